The van der Waals surface area contributed by atoms with Crippen LogP contribution in [-0.4, -0.2) is 61.7 Å². The van der Waals surface area contributed by atoms with Gasteiger partial charge in [0.15, 0.2) is 11.5 Å². The van der Waals surface area contributed by atoms with Crippen molar-refractivity contribution in [3.05, 3.63) is 59.5 Å². The van der Waals surface area contributed by atoms with Crippen molar-refractivity contribution in [2.45, 2.75) is 20.0 Å². The van der Waals surface area contributed by atoms with Crippen LogP contribution in [0.15, 0.2) is 46.9 Å². The van der Waals surface area contributed by atoms with Crippen molar-refractivity contribution in [1.29, 1.82) is 0 Å². The van der Waals surface area contributed by atoms with E-state index < -0.39 is 0 Å². The van der Waals surface area contributed by atoms with Crippen LogP contribution >= 0.6 is 0 Å². The number of benzene rings is 2. The number of aromatic nitrogens is 1. The summed E-state index contributed by atoms with van der Waals surface area (Å²) in [5, 5.41) is 0. The number of oxazole rings is 1. The molecule has 0 unspecified atom stereocenters. The highest BCUT2D eigenvalue weighted by Gasteiger charge is 2.26. The van der Waals surface area contributed by atoms with Gasteiger partial charge in [-0.05, 0) is 42.8 Å². The minimum absolute atomic E-state index is 0.102. The van der Waals surface area contributed by atoms with Crippen molar-refractivity contribution >= 4 is 5.91 Å². The first kappa shape index (κ1) is 22.7. The van der Waals surface area contributed by atoms with Crippen LogP contribution in [0.4, 0.5) is 0 Å². The number of rotatable bonds is 8. The smallest absolute Gasteiger partial charge is 0.237 e. The van der Waals surface area contributed by atoms with E-state index in [1.54, 1.807) is 21.3 Å². The van der Waals surface area contributed by atoms with Gasteiger partial charge in [0.05, 0.1) is 33.6 Å². The van der Waals surface area contributed by atoms with E-state index in [9.17, 15) is 4.79 Å². The molecule has 1 aliphatic rings. The molecule has 8 nitrogen and oxygen atoms in total. The summed E-state index contributed by atoms with van der Waals surface area (Å²) in [4.78, 5) is 21.5. The Hall–Kier alpha value is -3.52. The van der Waals surface area contributed by atoms with E-state index in [1.165, 1.54) is 0 Å². The molecule has 33 heavy (non-hydrogen) atoms. The van der Waals surface area contributed by atoms with Crippen LogP contribution in [0.25, 0.3) is 11.5 Å². The Morgan fingerprint density at radius 1 is 0.970 bits per heavy atom. The van der Waals surface area contributed by atoms with Gasteiger partial charge in [-0.1, -0.05) is 12.1 Å². The SMILES string of the molecule is COc1cccc(CN2CCN(Cc3nc(-c4ccc(OC)c(OC)c4)oc3C)CC2=O)c1. The van der Waals surface area contributed by atoms with E-state index in [4.69, 9.17) is 23.6 Å². The van der Waals surface area contributed by atoms with Crippen LogP contribution in [0, 0.1) is 6.92 Å². The number of amides is 1. The maximum absolute atomic E-state index is 12.8. The Balaban J connectivity index is 1.40. The zero-order valence-electron chi connectivity index (χ0n) is 19.5. The molecule has 2 heterocycles. The molecule has 0 atom stereocenters. The minimum atomic E-state index is 0.102. The number of piperazine rings is 1. The van der Waals surface area contributed by atoms with E-state index in [1.807, 2.05) is 54.3 Å². The second-order valence-electron chi connectivity index (χ2n) is 7.97. The molecule has 0 N–H and O–H groups in total. The van der Waals surface area contributed by atoms with E-state index in [-0.39, 0.29) is 5.91 Å². The lowest BCUT2D eigenvalue weighted by atomic mass is 10.1. The molecule has 0 aliphatic carbocycles. The van der Waals surface area contributed by atoms with E-state index in [0.29, 0.717) is 43.6 Å². The van der Waals surface area contributed by atoms with Crippen molar-refractivity contribution in [1.82, 2.24) is 14.8 Å². The summed E-state index contributed by atoms with van der Waals surface area (Å²) in [6.07, 6.45) is 0. The molecular formula is C25H29N3O5. The summed E-state index contributed by atoms with van der Waals surface area (Å²) in [5.41, 5.74) is 2.69. The summed E-state index contributed by atoms with van der Waals surface area (Å²) in [6, 6.07) is 13.4. The van der Waals surface area contributed by atoms with Crippen LogP contribution in [0.5, 0.6) is 17.2 Å². The summed E-state index contributed by atoms with van der Waals surface area (Å²) < 4.78 is 21.9. The van der Waals surface area contributed by atoms with Gasteiger partial charge in [0.25, 0.3) is 0 Å². The zero-order chi connectivity index (χ0) is 23.4. The third-order valence-corrected chi connectivity index (χ3v) is 5.80. The molecule has 4 rings (SSSR count). The highest BCUT2D eigenvalue weighted by molar-refractivity contribution is 5.79. The third kappa shape index (κ3) is 5.12. The largest absolute Gasteiger partial charge is 0.497 e. The molecule has 8 heteroatoms. The van der Waals surface area contributed by atoms with Gasteiger partial charge in [-0.3, -0.25) is 9.69 Å². The molecule has 174 valence electrons. The Kier molecular flexibility index (Phi) is 6.84. The molecule has 0 spiro atoms. The average Bonchev–Trinajstić information content (AvgIpc) is 3.20. The maximum atomic E-state index is 12.8. The van der Waals surface area contributed by atoms with Gasteiger partial charge in [0, 0.05) is 31.7 Å². The Morgan fingerprint density at radius 3 is 2.52 bits per heavy atom. The number of aryl methyl sites for hydroxylation is 1. The fourth-order valence-electron chi connectivity index (χ4n) is 3.93. The molecule has 1 saturated heterocycles. The Labute approximate surface area is 193 Å². The predicted molar refractivity (Wildman–Crippen MR) is 123 cm³/mol. The van der Waals surface area contributed by atoms with Gasteiger partial charge in [-0.15, -0.1) is 0 Å². The standard InChI is InChI=1S/C25H29N3O5/c1-17-21(26-25(33-17)19-8-9-22(31-3)23(13-19)32-4)15-27-10-11-28(24(29)16-27)14-18-6-5-7-20(12-18)30-2/h5-9,12-13H,10-11,14-16H2,1-4H3. The molecule has 0 bridgehead atoms. The molecule has 0 saturated carbocycles. The van der Waals surface area contributed by atoms with E-state index >= 15 is 0 Å². The molecule has 1 fully saturated rings. The maximum Gasteiger partial charge on any atom is 0.237 e. The van der Waals surface area contributed by atoms with E-state index in [0.717, 1.165) is 34.9 Å². The summed E-state index contributed by atoms with van der Waals surface area (Å²) in [7, 11) is 4.84. The average molecular weight is 452 g/mol. The lowest BCUT2D eigenvalue weighted by molar-refractivity contribution is -0.136. The van der Waals surface area contributed by atoms with Crippen molar-refractivity contribution in [3.63, 3.8) is 0 Å². The lowest BCUT2D eigenvalue weighted by Crippen LogP contribution is -2.49. The number of ether oxygens (including phenoxy) is 3. The van der Waals surface area contributed by atoms with Crippen LogP contribution < -0.4 is 14.2 Å². The zero-order valence-corrected chi connectivity index (χ0v) is 19.5. The lowest BCUT2D eigenvalue weighted by Gasteiger charge is -2.34. The Bertz CT molecular complexity index is 1130. The van der Waals surface area contributed by atoms with Crippen molar-refractivity contribution in [2.24, 2.45) is 0 Å². The normalized spacial score (nSPS) is 14.4. The molecule has 2 aromatic carbocycles. The first-order valence-corrected chi connectivity index (χ1v) is 10.8. The minimum Gasteiger partial charge on any atom is -0.497 e. The third-order valence-electron chi connectivity index (χ3n) is 5.80. The molecule has 1 aliphatic heterocycles. The van der Waals surface area contributed by atoms with Gasteiger partial charge >= 0.3 is 0 Å². The summed E-state index contributed by atoms with van der Waals surface area (Å²) in [5.74, 6) is 3.42. The number of methoxy groups -OCH3 is 3. The van der Waals surface area contributed by atoms with Crippen molar-refractivity contribution in [2.75, 3.05) is 41.0 Å². The first-order chi connectivity index (χ1) is 16.0. The van der Waals surface area contributed by atoms with Gasteiger partial charge in [-0.2, -0.15) is 0 Å². The quantitative estimate of drug-likeness (QED) is 0.519. The van der Waals surface area contributed by atoms with Crippen molar-refractivity contribution < 1.29 is 23.4 Å². The molecule has 0 radical (unpaired) electrons. The molecular weight excluding hydrogens is 422 g/mol. The van der Waals surface area contributed by atoms with Crippen LogP contribution in [0.2, 0.25) is 0 Å². The predicted octanol–water partition coefficient (Wildman–Crippen LogP) is 3.52. The summed E-state index contributed by atoms with van der Waals surface area (Å²) >= 11 is 0. The molecule has 1 amide bonds. The van der Waals surface area contributed by atoms with Gasteiger partial charge in [0.1, 0.15) is 11.5 Å². The van der Waals surface area contributed by atoms with E-state index in [2.05, 4.69) is 4.90 Å². The molecule has 3 aromatic rings. The van der Waals surface area contributed by atoms with Crippen LogP contribution in [0.1, 0.15) is 17.0 Å². The van der Waals surface area contributed by atoms with Gasteiger partial charge in [-0.25, -0.2) is 4.98 Å². The highest BCUT2D eigenvalue weighted by atomic mass is 16.5. The van der Waals surface area contributed by atoms with Gasteiger partial charge < -0.3 is 23.5 Å². The monoisotopic (exact) mass is 451 g/mol. The fraction of sp³-hybridized carbons (Fsp3) is 0.360. The van der Waals surface area contributed by atoms with Crippen LogP contribution in [0.3, 0.4) is 0 Å². The first-order valence-electron chi connectivity index (χ1n) is 10.8. The number of nitrogens with zero attached hydrogens (tertiary/aromatic N) is 3. The number of hydrogen-bond acceptors (Lipinski definition) is 7. The number of hydrogen-bond donors (Lipinski definition) is 0. The Morgan fingerprint density at radius 2 is 1.79 bits per heavy atom. The topological polar surface area (TPSA) is 77.3 Å². The second kappa shape index (κ2) is 9.95. The second-order valence-corrected chi connectivity index (χ2v) is 7.97. The number of carbonyl (C=O) groups is 1. The fourth-order valence-corrected chi connectivity index (χ4v) is 3.93. The van der Waals surface area contributed by atoms with Crippen LogP contribution in [-0.2, 0) is 17.9 Å². The summed E-state index contributed by atoms with van der Waals surface area (Å²) in [6.45, 7) is 4.82. The van der Waals surface area contributed by atoms with Crippen molar-refractivity contribution in [3.8, 4) is 28.7 Å². The highest BCUT2D eigenvalue weighted by Crippen LogP contribution is 2.32. The number of carbonyl (C=O) groups excluding carboxylic acids is 1. The van der Waals surface area contributed by atoms with Gasteiger partial charge in [0.2, 0.25) is 11.8 Å². The molecule has 1 aromatic heterocycles.